The van der Waals surface area contributed by atoms with Gasteiger partial charge in [0.2, 0.25) is 0 Å². The molecule has 0 saturated carbocycles. The van der Waals surface area contributed by atoms with Gasteiger partial charge in [0.15, 0.2) is 5.96 Å². The Balaban J connectivity index is 0.00000450. The molecule has 2 rings (SSSR count). The van der Waals surface area contributed by atoms with Gasteiger partial charge in [-0.05, 0) is 51.7 Å². The summed E-state index contributed by atoms with van der Waals surface area (Å²) in [6.07, 6.45) is 2.19. The minimum Gasteiger partial charge on any atom is -0.444 e. The van der Waals surface area contributed by atoms with Gasteiger partial charge < -0.3 is 25.0 Å². The van der Waals surface area contributed by atoms with E-state index >= 15 is 0 Å². The highest BCUT2D eigenvalue weighted by atomic mass is 127. The number of rotatable bonds is 7. The van der Waals surface area contributed by atoms with Crippen LogP contribution in [0.4, 0.5) is 4.79 Å². The number of nitrogens with one attached hydrogen (secondary N) is 2. The lowest BCUT2D eigenvalue weighted by Gasteiger charge is -2.24. The van der Waals surface area contributed by atoms with E-state index in [1.54, 1.807) is 11.9 Å². The average Bonchev–Trinajstić information content (AvgIpc) is 3.17. The predicted molar refractivity (Wildman–Crippen MR) is 131 cm³/mol. The predicted octanol–water partition coefficient (Wildman–Crippen LogP) is 3.91. The molecule has 170 valence electrons. The van der Waals surface area contributed by atoms with Crippen LogP contribution in [-0.4, -0.2) is 55.4 Å². The van der Waals surface area contributed by atoms with Crippen molar-refractivity contribution >= 4 is 36.0 Å². The molecule has 7 nitrogen and oxygen atoms in total. The number of aliphatic imine (C=N–C) groups is 1. The van der Waals surface area contributed by atoms with Crippen LogP contribution in [0.5, 0.6) is 0 Å². The second-order valence-corrected chi connectivity index (χ2v) is 8.36. The fraction of sp³-hybridized carbons (Fsp3) is 0.636. The summed E-state index contributed by atoms with van der Waals surface area (Å²) in [7, 11) is 1.74. The van der Waals surface area contributed by atoms with Crippen LogP contribution in [0.25, 0.3) is 0 Å². The van der Waals surface area contributed by atoms with Crippen LogP contribution >= 0.6 is 24.0 Å². The molecular formula is C22H37IN4O3. The molecule has 1 heterocycles. The lowest BCUT2D eigenvalue weighted by Crippen LogP contribution is -2.41. The highest BCUT2D eigenvalue weighted by Gasteiger charge is 2.19. The third-order valence-corrected chi connectivity index (χ3v) is 4.43. The first-order chi connectivity index (χ1) is 13.8. The molecule has 30 heavy (non-hydrogen) atoms. The smallest absolute Gasteiger partial charge is 0.410 e. The summed E-state index contributed by atoms with van der Waals surface area (Å²) in [6.45, 7) is 11.2. The Labute approximate surface area is 198 Å². The number of ether oxygens (including phenoxy) is 2. The van der Waals surface area contributed by atoms with Crippen molar-refractivity contribution in [1.29, 1.82) is 0 Å². The van der Waals surface area contributed by atoms with E-state index < -0.39 is 5.60 Å². The number of hydrogen-bond acceptors (Lipinski definition) is 4. The monoisotopic (exact) mass is 532 g/mol. The van der Waals surface area contributed by atoms with Crippen LogP contribution in [0.15, 0.2) is 29.3 Å². The topological polar surface area (TPSA) is 75.2 Å². The second kappa shape index (κ2) is 13.0. The molecule has 0 spiro atoms. The van der Waals surface area contributed by atoms with Crippen molar-refractivity contribution in [3.8, 4) is 0 Å². The molecule has 1 aromatic rings. The molecule has 1 aliphatic heterocycles. The zero-order valence-corrected chi connectivity index (χ0v) is 21.2. The van der Waals surface area contributed by atoms with Crippen LogP contribution in [0, 0.1) is 0 Å². The van der Waals surface area contributed by atoms with Crippen molar-refractivity contribution in [3.63, 3.8) is 0 Å². The molecule has 1 aliphatic rings. The number of benzene rings is 1. The molecule has 0 aromatic heterocycles. The molecule has 1 atom stereocenters. The number of carbonyl (C=O) groups excluding carboxylic acids is 1. The van der Waals surface area contributed by atoms with E-state index in [-0.39, 0.29) is 36.2 Å². The molecule has 0 bridgehead atoms. The van der Waals surface area contributed by atoms with Gasteiger partial charge in [-0.3, -0.25) is 0 Å². The van der Waals surface area contributed by atoms with E-state index in [9.17, 15) is 4.79 Å². The number of halogens is 1. The number of amides is 1. The van der Waals surface area contributed by atoms with Crippen LogP contribution in [0.1, 0.15) is 51.7 Å². The Bertz CT molecular complexity index is 668. The average molecular weight is 532 g/mol. The van der Waals surface area contributed by atoms with Crippen LogP contribution in [-0.2, 0) is 22.6 Å². The molecule has 1 fully saturated rings. The molecule has 1 saturated heterocycles. The lowest BCUT2D eigenvalue weighted by atomic mass is 10.1. The Hall–Kier alpha value is -1.55. The van der Waals surface area contributed by atoms with Crippen LogP contribution < -0.4 is 10.6 Å². The maximum absolute atomic E-state index is 12.1. The molecule has 1 amide bonds. The van der Waals surface area contributed by atoms with Crippen molar-refractivity contribution in [3.05, 3.63) is 35.4 Å². The maximum atomic E-state index is 12.1. The minimum atomic E-state index is -0.491. The quantitative estimate of drug-likeness (QED) is 0.317. The van der Waals surface area contributed by atoms with E-state index in [4.69, 9.17) is 9.47 Å². The van der Waals surface area contributed by atoms with Gasteiger partial charge in [0, 0.05) is 33.3 Å². The van der Waals surface area contributed by atoms with Crippen LogP contribution in [0.2, 0.25) is 0 Å². The molecule has 8 heteroatoms. The number of guanidine groups is 1. The maximum Gasteiger partial charge on any atom is 0.410 e. The summed E-state index contributed by atoms with van der Waals surface area (Å²) in [5.74, 6) is 0.803. The normalized spacial score (nSPS) is 16.6. The standard InChI is InChI=1S/C22H36N4O3.HI/c1-6-23-20(25-15-19-8-7-13-28-19)24-14-17-9-11-18(12-10-17)16-26(5)21(27)29-22(2,3)4;/h9-12,19H,6-8,13-16H2,1-5H3,(H2,23,24,25);1H. The van der Waals surface area contributed by atoms with Crippen molar-refractivity contribution in [2.45, 2.75) is 65.3 Å². The van der Waals surface area contributed by atoms with Gasteiger partial charge >= 0.3 is 6.09 Å². The van der Waals surface area contributed by atoms with E-state index in [1.807, 2.05) is 45.0 Å². The molecular weight excluding hydrogens is 495 g/mol. The molecule has 1 unspecified atom stereocenters. The van der Waals surface area contributed by atoms with Gasteiger partial charge in [0.1, 0.15) is 5.60 Å². The number of hydrogen-bond donors (Lipinski definition) is 2. The Morgan fingerprint density at radius 3 is 2.47 bits per heavy atom. The summed E-state index contributed by atoms with van der Waals surface area (Å²) in [4.78, 5) is 18.3. The third-order valence-electron chi connectivity index (χ3n) is 4.43. The summed E-state index contributed by atoms with van der Waals surface area (Å²) in [5, 5.41) is 6.63. The zero-order chi connectivity index (χ0) is 21.3. The van der Waals surface area contributed by atoms with Gasteiger partial charge in [-0.25, -0.2) is 9.79 Å². The minimum absolute atomic E-state index is 0. The van der Waals surface area contributed by atoms with E-state index in [0.717, 1.165) is 49.6 Å². The Kier molecular flexibility index (Phi) is 11.5. The fourth-order valence-corrected chi connectivity index (χ4v) is 2.96. The van der Waals surface area contributed by atoms with E-state index in [1.165, 1.54) is 0 Å². The first-order valence-electron chi connectivity index (χ1n) is 10.4. The van der Waals surface area contributed by atoms with Gasteiger partial charge in [-0.15, -0.1) is 24.0 Å². The number of carbonyl (C=O) groups is 1. The van der Waals surface area contributed by atoms with Gasteiger partial charge in [-0.2, -0.15) is 0 Å². The summed E-state index contributed by atoms with van der Waals surface area (Å²) in [5.41, 5.74) is 1.67. The van der Waals surface area contributed by atoms with Gasteiger partial charge in [0.25, 0.3) is 0 Å². The SMILES string of the molecule is CCNC(=NCc1ccc(CN(C)C(=O)OC(C)(C)C)cc1)NCC1CCCO1.I. The molecule has 2 N–H and O–H groups in total. The number of nitrogens with zero attached hydrogens (tertiary/aromatic N) is 2. The van der Waals surface area contributed by atoms with E-state index in [2.05, 4.69) is 22.5 Å². The molecule has 0 radical (unpaired) electrons. The Morgan fingerprint density at radius 2 is 1.90 bits per heavy atom. The molecule has 0 aliphatic carbocycles. The summed E-state index contributed by atoms with van der Waals surface area (Å²) >= 11 is 0. The second-order valence-electron chi connectivity index (χ2n) is 8.36. The van der Waals surface area contributed by atoms with Crippen molar-refractivity contribution < 1.29 is 14.3 Å². The van der Waals surface area contributed by atoms with Gasteiger partial charge in [0.05, 0.1) is 12.6 Å². The lowest BCUT2D eigenvalue weighted by molar-refractivity contribution is 0.0285. The highest BCUT2D eigenvalue weighted by Crippen LogP contribution is 2.13. The third kappa shape index (κ3) is 9.97. The first kappa shape index (κ1) is 26.5. The largest absolute Gasteiger partial charge is 0.444 e. The van der Waals surface area contributed by atoms with Crippen molar-refractivity contribution in [2.75, 3.05) is 26.7 Å². The summed E-state index contributed by atoms with van der Waals surface area (Å²) < 4.78 is 11.0. The van der Waals surface area contributed by atoms with Crippen molar-refractivity contribution in [2.24, 2.45) is 4.99 Å². The first-order valence-corrected chi connectivity index (χ1v) is 10.4. The Morgan fingerprint density at radius 1 is 1.23 bits per heavy atom. The summed E-state index contributed by atoms with van der Waals surface area (Å²) in [6, 6.07) is 8.15. The van der Waals surface area contributed by atoms with E-state index in [0.29, 0.717) is 13.1 Å². The van der Waals surface area contributed by atoms with Crippen LogP contribution in [0.3, 0.4) is 0 Å². The molecule has 1 aromatic carbocycles. The fourth-order valence-electron chi connectivity index (χ4n) is 2.96. The highest BCUT2D eigenvalue weighted by molar-refractivity contribution is 14.0. The van der Waals surface area contributed by atoms with Gasteiger partial charge in [-0.1, -0.05) is 24.3 Å². The van der Waals surface area contributed by atoms with Crippen molar-refractivity contribution in [1.82, 2.24) is 15.5 Å². The zero-order valence-electron chi connectivity index (χ0n) is 18.9.